The molecule has 1 saturated heterocycles. The first kappa shape index (κ1) is 14.6. The zero-order valence-electron chi connectivity index (χ0n) is 12.8. The van der Waals surface area contributed by atoms with Gasteiger partial charge in [0.15, 0.2) is 11.6 Å². The normalized spacial score (nSPS) is 15.2. The molecule has 0 radical (unpaired) electrons. The lowest BCUT2D eigenvalue weighted by atomic mass is 10.2. The lowest BCUT2D eigenvalue weighted by molar-refractivity contribution is 0.567. The number of hydrogen-bond donors (Lipinski definition) is 0. The minimum atomic E-state index is -0.295. The van der Waals surface area contributed by atoms with Crippen LogP contribution in [0.25, 0.3) is 0 Å². The van der Waals surface area contributed by atoms with Crippen LogP contribution in [0.4, 0.5) is 16.0 Å². The van der Waals surface area contributed by atoms with Crippen LogP contribution in [0.5, 0.6) is 0 Å². The van der Waals surface area contributed by atoms with Gasteiger partial charge in [0.25, 0.3) is 0 Å². The van der Waals surface area contributed by atoms with Gasteiger partial charge in [-0.05, 0) is 19.4 Å². The van der Waals surface area contributed by atoms with Gasteiger partial charge in [0.05, 0.1) is 5.69 Å². The fourth-order valence-corrected chi connectivity index (χ4v) is 2.63. The van der Waals surface area contributed by atoms with Gasteiger partial charge < -0.3 is 9.80 Å². The minimum Gasteiger partial charge on any atom is -0.353 e. The fourth-order valence-electron chi connectivity index (χ4n) is 2.63. The summed E-state index contributed by atoms with van der Waals surface area (Å²) in [7, 11) is 0. The van der Waals surface area contributed by atoms with E-state index in [-0.39, 0.29) is 5.82 Å². The quantitative estimate of drug-likeness (QED) is 0.858. The van der Waals surface area contributed by atoms with E-state index in [4.69, 9.17) is 0 Å². The zero-order valence-corrected chi connectivity index (χ0v) is 12.8. The highest BCUT2D eigenvalue weighted by atomic mass is 19.1. The van der Waals surface area contributed by atoms with Crippen LogP contribution in [0.2, 0.25) is 0 Å². The van der Waals surface area contributed by atoms with Crippen molar-refractivity contribution in [2.45, 2.75) is 20.3 Å². The number of nitrogens with zero attached hydrogens (tertiary/aromatic N) is 6. The maximum absolute atomic E-state index is 14.3. The SMILES string of the molecule is CCc1ncnc(N2CCN(c3ccnc(C)n3)CC2)c1F. The van der Waals surface area contributed by atoms with E-state index >= 15 is 0 Å². The van der Waals surface area contributed by atoms with Crippen LogP contribution in [-0.4, -0.2) is 46.1 Å². The Labute approximate surface area is 129 Å². The van der Waals surface area contributed by atoms with Crippen molar-refractivity contribution >= 4 is 11.6 Å². The molecular weight excluding hydrogens is 283 g/mol. The van der Waals surface area contributed by atoms with E-state index in [0.29, 0.717) is 31.0 Å². The molecule has 6 nitrogen and oxygen atoms in total. The second-order valence-corrected chi connectivity index (χ2v) is 5.25. The van der Waals surface area contributed by atoms with Crippen LogP contribution >= 0.6 is 0 Å². The molecule has 1 aliphatic heterocycles. The molecule has 0 amide bonds. The lowest BCUT2D eigenvalue weighted by Crippen LogP contribution is -2.47. The van der Waals surface area contributed by atoms with Crippen LogP contribution in [0.15, 0.2) is 18.6 Å². The molecule has 2 aromatic rings. The summed E-state index contributed by atoms with van der Waals surface area (Å²) in [6.45, 7) is 6.75. The van der Waals surface area contributed by atoms with Crippen molar-refractivity contribution in [3.63, 3.8) is 0 Å². The molecule has 0 aliphatic carbocycles. The van der Waals surface area contributed by atoms with Crippen molar-refractivity contribution < 1.29 is 4.39 Å². The molecule has 3 rings (SSSR count). The van der Waals surface area contributed by atoms with Gasteiger partial charge in [0.2, 0.25) is 0 Å². The standard InChI is InChI=1S/C15H19FN6/c1-3-12-14(16)15(19-10-18-12)22-8-6-21(7-9-22)13-4-5-17-11(2)20-13/h4-5,10H,3,6-9H2,1-2H3. The van der Waals surface area contributed by atoms with Gasteiger partial charge in [-0.2, -0.15) is 0 Å². The van der Waals surface area contributed by atoms with Gasteiger partial charge in [-0.3, -0.25) is 0 Å². The van der Waals surface area contributed by atoms with Gasteiger partial charge in [-0.25, -0.2) is 24.3 Å². The van der Waals surface area contributed by atoms with E-state index in [1.54, 1.807) is 6.20 Å². The third-order valence-corrected chi connectivity index (χ3v) is 3.84. The molecule has 1 aliphatic rings. The Morgan fingerprint density at radius 1 is 1.09 bits per heavy atom. The molecule has 0 saturated carbocycles. The first-order valence-corrected chi connectivity index (χ1v) is 7.48. The van der Waals surface area contributed by atoms with E-state index in [1.807, 2.05) is 24.8 Å². The van der Waals surface area contributed by atoms with E-state index in [1.165, 1.54) is 6.33 Å². The third-order valence-electron chi connectivity index (χ3n) is 3.84. The fraction of sp³-hybridized carbons (Fsp3) is 0.467. The molecule has 116 valence electrons. The number of rotatable bonds is 3. The van der Waals surface area contributed by atoms with Crippen molar-refractivity contribution in [1.82, 2.24) is 19.9 Å². The predicted octanol–water partition coefficient (Wildman–Crippen LogP) is 1.60. The predicted molar refractivity (Wildman–Crippen MR) is 82.6 cm³/mol. The highest BCUT2D eigenvalue weighted by molar-refractivity contribution is 5.45. The summed E-state index contributed by atoms with van der Waals surface area (Å²) >= 11 is 0. The Kier molecular flexibility index (Phi) is 4.13. The van der Waals surface area contributed by atoms with Crippen molar-refractivity contribution in [3.8, 4) is 0 Å². The molecule has 0 N–H and O–H groups in total. The van der Waals surface area contributed by atoms with Crippen molar-refractivity contribution in [1.29, 1.82) is 0 Å². The minimum absolute atomic E-state index is 0.295. The number of aromatic nitrogens is 4. The molecule has 0 atom stereocenters. The zero-order chi connectivity index (χ0) is 15.5. The monoisotopic (exact) mass is 302 g/mol. The molecule has 0 aromatic carbocycles. The first-order valence-electron chi connectivity index (χ1n) is 7.48. The third kappa shape index (κ3) is 2.84. The summed E-state index contributed by atoms with van der Waals surface area (Å²) in [6.07, 6.45) is 3.78. The summed E-state index contributed by atoms with van der Waals surface area (Å²) in [5.41, 5.74) is 0.471. The average Bonchev–Trinajstić information content (AvgIpc) is 2.55. The van der Waals surface area contributed by atoms with E-state index in [2.05, 4.69) is 24.8 Å². The topological polar surface area (TPSA) is 58.0 Å². The second-order valence-electron chi connectivity index (χ2n) is 5.25. The van der Waals surface area contributed by atoms with E-state index < -0.39 is 0 Å². The molecule has 1 fully saturated rings. The Morgan fingerprint density at radius 3 is 2.50 bits per heavy atom. The number of hydrogen-bond acceptors (Lipinski definition) is 6. The van der Waals surface area contributed by atoms with Crippen molar-refractivity contribution in [2.75, 3.05) is 36.0 Å². The van der Waals surface area contributed by atoms with Gasteiger partial charge >= 0.3 is 0 Å². The maximum Gasteiger partial charge on any atom is 0.187 e. The molecule has 0 unspecified atom stereocenters. The van der Waals surface area contributed by atoms with Crippen molar-refractivity contribution in [3.05, 3.63) is 35.9 Å². The maximum atomic E-state index is 14.3. The van der Waals surface area contributed by atoms with Crippen LogP contribution in [0, 0.1) is 12.7 Å². The molecule has 3 heterocycles. The van der Waals surface area contributed by atoms with Crippen LogP contribution in [0.3, 0.4) is 0 Å². The molecular formula is C15H19FN6. The first-order chi connectivity index (χ1) is 10.7. The smallest absolute Gasteiger partial charge is 0.187 e. The molecule has 0 bridgehead atoms. The second kappa shape index (κ2) is 6.21. The van der Waals surface area contributed by atoms with Crippen molar-refractivity contribution in [2.24, 2.45) is 0 Å². The van der Waals surface area contributed by atoms with E-state index in [9.17, 15) is 4.39 Å². The van der Waals surface area contributed by atoms with Gasteiger partial charge in [0.1, 0.15) is 18.0 Å². The number of halogens is 1. The summed E-state index contributed by atoms with van der Waals surface area (Å²) in [6, 6.07) is 1.91. The van der Waals surface area contributed by atoms with Crippen LogP contribution in [0.1, 0.15) is 18.4 Å². The summed E-state index contributed by atoms with van der Waals surface area (Å²) < 4.78 is 14.3. The molecule has 22 heavy (non-hydrogen) atoms. The molecule has 2 aromatic heterocycles. The summed E-state index contributed by atoms with van der Waals surface area (Å²) in [4.78, 5) is 20.8. The van der Waals surface area contributed by atoms with Crippen LogP contribution in [-0.2, 0) is 6.42 Å². The Hall–Kier alpha value is -2.31. The Bertz CT molecular complexity index is 654. The van der Waals surface area contributed by atoms with Gasteiger partial charge in [-0.15, -0.1) is 0 Å². The van der Waals surface area contributed by atoms with Crippen LogP contribution < -0.4 is 9.80 Å². The average molecular weight is 302 g/mol. The summed E-state index contributed by atoms with van der Waals surface area (Å²) in [5, 5.41) is 0. The highest BCUT2D eigenvalue weighted by Gasteiger charge is 2.22. The number of aryl methyl sites for hydroxylation is 2. The Morgan fingerprint density at radius 2 is 1.82 bits per heavy atom. The number of anilines is 2. The highest BCUT2D eigenvalue weighted by Crippen LogP contribution is 2.21. The largest absolute Gasteiger partial charge is 0.353 e. The summed E-state index contributed by atoms with van der Waals surface area (Å²) in [5.74, 6) is 1.79. The molecule has 0 spiro atoms. The Balaban J connectivity index is 1.72. The van der Waals surface area contributed by atoms with Gasteiger partial charge in [-0.1, -0.05) is 6.92 Å². The lowest BCUT2D eigenvalue weighted by Gasteiger charge is -2.36. The molecule has 7 heteroatoms. The van der Waals surface area contributed by atoms with E-state index in [0.717, 1.165) is 24.7 Å². The number of piperazine rings is 1. The van der Waals surface area contributed by atoms with Gasteiger partial charge in [0, 0.05) is 32.4 Å².